The Kier molecular flexibility index (Phi) is 2.86. The van der Waals surface area contributed by atoms with Crippen LogP contribution in [0.2, 0.25) is 0 Å². The van der Waals surface area contributed by atoms with Crippen molar-refractivity contribution in [3.63, 3.8) is 0 Å². The molecule has 2 aromatic heterocycles. The predicted octanol–water partition coefficient (Wildman–Crippen LogP) is 2.75. The molecule has 3 aromatic rings. The highest BCUT2D eigenvalue weighted by molar-refractivity contribution is 5.82. The van der Waals surface area contributed by atoms with Gasteiger partial charge < -0.3 is 14.8 Å². The Balaban J connectivity index is 1.68. The second-order valence-electron chi connectivity index (χ2n) is 4.39. The van der Waals surface area contributed by atoms with Crippen molar-refractivity contribution >= 4 is 10.9 Å². The molecule has 2 N–H and O–H groups in total. The Morgan fingerprint density at radius 2 is 2.22 bits per heavy atom. The van der Waals surface area contributed by atoms with Crippen molar-refractivity contribution in [2.45, 2.75) is 20.0 Å². The molecule has 2 heterocycles. The smallest absolute Gasteiger partial charge is 0.133 e. The quantitative estimate of drug-likeness (QED) is 0.738. The number of aryl methyl sites for hydroxylation is 1. The summed E-state index contributed by atoms with van der Waals surface area (Å²) in [6, 6.07) is 10.3. The molecular weight excluding hydrogens is 226 g/mol. The number of nitrogens with zero attached hydrogens (tertiary/aromatic N) is 1. The minimum Gasteiger partial charge on any atom is -0.361 e. The molecule has 0 spiro atoms. The summed E-state index contributed by atoms with van der Waals surface area (Å²) in [4.78, 5) is 3.22. The van der Waals surface area contributed by atoms with Gasteiger partial charge in [-0.2, -0.15) is 0 Å². The summed E-state index contributed by atoms with van der Waals surface area (Å²) in [5.41, 5.74) is 3.40. The van der Waals surface area contributed by atoms with Crippen molar-refractivity contribution < 1.29 is 4.52 Å². The SMILES string of the molecule is Cc1cc(CNCc2cccc3[nH]ccc23)no1. The van der Waals surface area contributed by atoms with E-state index in [1.54, 1.807) is 0 Å². The number of hydrogen-bond donors (Lipinski definition) is 2. The van der Waals surface area contributed by atoms with Gasteiger partial charge in [-0.15, -0.1) is 0 Å². The molecular formula is C14H15N3O. The molecule has 1 aromatic carbocycles. The number of hydrogen-bond acceptors (Lipinski definition) is 3. The van der Waals surface area contributed by atoms with Gasteiger partial charge in [0.05, 0.1) is 5.69 Å². The van der Waals surface area contributed by atoms with Crippen LogP contribution >= 0.6 is 0 Å². The fraction of sp³-hybridized carbons (Fsp3) is 0.214. The lowest BCUT2D eigenvalue weighted by atomic mass is 10.1. The molecule has 0 fully saturated rings. The third kappa shape index (κ3) is 2.15. The monoisotopic (exact) mass is 241 g/mol. The van der Waals surface area contributed by atoms with E-state index in [0.717, 1.165) is 24.5 Å². The van der Waals surface area contributed by atoms with E-state index in [4.69, 9.17) is 4.52 Å². The lowest BCUT2D eigenvalue weighted by Gasteiger charge is -2.04. The molecule has 0 atom stereocenters. The molecule has 18 heavy (non-hydrogen) atoms. The number of aromatic amines is 1. The van der Waals surface area contributed by atoms with Crippen LogP contribution in [0.1, 0.15) is 17.0 Å². The van der Waals surface area contributed by atoms with Crippen LogP contribution in [0.5, 0.6) is 0 Å². The molecule has 0 radical (unpaired) electrons. The van der Waals surface area contributed by atoms with Crippen molar-refractivity contribution in [2.24, 2.45) is 0 Å². The van der Waals surface area contributed by atoms with Gasteiger partial charge in [-0.25, -0.2) is 0 Å². The summed E-state index contributed by atoms with van der Waals surface area (Å²) in [6.45, 7) is 3.44. The van der Waals surface area contributed by atoms with Gasteiger partial charge in [-0.3, -0.25) is 0 Å². The fourth-order valence-electron chi connectivity index (χ4n) is 2.13. The molecule has 3 rings (SSSR count). The van der Waals surface area contributed by atoms with Gasteiger partial charge in [0.2, 0.25) is 0 Å². The Hall–Kier alpha value is -2.07. The Morgan fingerprint density at radius 1 is 1.28 bits per heavy atom. The minimum absolute atomic E-state index is 0.720. The number of benzene rings is 1. The highest BCUT2D eigenvalue weighted by Crippen LogP contribution is 2.17. The summed E-state index contributed by atoms with van der Waals surface area (Å²) >= 11 is 0. The van der Waals surface area contributed by atoms with Crippen molar-refractivity contribution in [3.8, 4) is 0 Å². The molecule has 4 nitrogen and oxygen atoms in total. The first-order chi connectivity index (χ1) is 8.83. The normalized spacial score (nSPS) is 11.2. The molecule has 0 aliphatic carbocycles. The highest BCUT2D eigenvalue weighted by Gasteiger charge is 2.03. The van der Waals surface area contributed by atoms with Gasteiger partial charge in [-0.1, -0.05) is 17.3 Å². The van der Waals surface area contributed by atoms with E-state index in [1.165, 1.54) is 16.5 Å². The second-order valence-corrected chi connectivity index (χ2v) is 4.39. The van der Waals surface area contributed by atoms with Gasteiger partial charge >= 0.3 is 0 Å². The zero-order chi connectivity index (χ0) is 12.4. The summed E-state index contributed by atoms with van der Waals surface area (Å²) in [6.07, 6.45) is 1.97. The van der Waals surface area contributed by atoms with Crippen molar-refractivity contribution in [1.29, 1.82) is 0 Å². The number of fused-ring (bicyclic) bond motifs is 1. The Bertz CT molecular complexity index is 654. The van der Waals surface area contributed by atoms with E-state index in [-0.39, 0.29) is 0 Å². The minimum atomic E-state index is 0.720. The van der Waals surface area contributed by atoms with E-state index < -0.39 is 0 Å². The highest BCUT2D eigenvalue weighted by atomic mass is 16.5. The van der Waals surface area contributed by atoms with Crippen molar-refractivity contribution in [3.05, 3.63) is 53.5 Å². The van der Waals surface area contributed by atoms with Crippen LogP contribution in [0.3, 0.4) is 0 Å². The number of H-pyrrole nitrogens is 1. The molecule has 0 aliphatic heterocycles. The zero-order valence-corrected chi connectivity index (χ0v) is 10.2. The topological polar surface area (TPSA) is 53.9 Å². The van der Waals surface area contributed by atoms with Gasteiger partial charge in [0.25, 0.3) is 0 Å². The lowest BCUT2D eigenvalue weighted by molar-refractivity contribution is 0.388. The molecule has 0 saturated carbocycles. The summed E-state index contributed by atoms with van der Waals surface area (Å²) in [5.74, 6) is 0.847. The molecule has 0 unspecified atom stereocenters. The van der Waals surface area contributed by atoms with Crippen molar-refractivity contribution in [1.82, 2.24) is 15.5 Å². The van der Waals surface area contributed by atoms with Gasteiger partial charge in [0.15, 0.2) is 0 Å². The van der Waals surface area contributed by atoms with E-state index in [0.29, 0.717) is 0 Å². The predicted molar refractivity (Wildman–Crippen MR) is 70.1 cm³/mol. The summed E-state index contributed by atoms with van der Waals surface area (Å²) in [5, 5.41) is 8.60. The maximum atomic E-state index is 5.03. The van der Waals surface area contributed by atoms with Gasteiger partial charge in [0.1, 0.15) is 5.76 Å². The summed E-state index contributed by atoms with van der Waals surface area (Å²) in [7, 11) is 0. The third-order valence-corrected chi connectivity index (χ3v) is 2.98. The van der Waals surface area contributed by atoms with E-state index in [9.17, 15) is 0 Å². The van der Waals surface area contributed by atoms with Gasteiger partial charge in [0, 0.05) is 36.3 Å². The van der Waals surface area contributed by atoms with Crippen LogP contribution in [0.15, 0.2) is 41.1 Å². The average Bonchev–Trinajstić information content (AvgIpc) is 2.98. The zero-order valence-electron chi connectivity index (χ0n) is 10.2. The Morgan fingerprint density at radius 3 is 3.06 bits per heavy atom. The molecule has 4 heteroatoms. The average molecular weight is 241 g/mol. The first-order valence-electron chi connectivity index (χ1n) is 6.01. The molecule has 92 valence electrons. The lowest BCUT2D eigenvalue weighted by Crippen LogP contribution is -2.12. The van der Waals surface area contributed by atoms with E-state index >= 15 is 0 Å². The summed E-state index contributed by atoms with van der Waals surface area (Å²) < 4.78 is 5.03. The molecule has 0 aliphatic rings. The second kappa shape index (κ2) is 4.66. The maximum Gasteiger partial charge on any atom is 0.133 e. The Labute approximate surface area is 105 Å². The van der Waals surface area contributed by atoms with Crippen LogP contribution in [0, 0.1) is 6.92 Å². The van der Waals surface area contributed by atoms with Crippen LogP contribution < -0.4 is 5.32 Å². The van der Waals surface area contributed by atoms with Crippen LogP contribution in [-0.2, 0) is 13.1 Å². The first-order valence-corrected chi connectivity index (χ1v) is 6.01. The third-order valence-electron chi connectivity index (χ3n) is 2.98. The van der Waals surface area contributed by atoms with Gasteiger partial charge in [-0.05, 0) is 24.6 Å². The van der Waals surface area contributed by atoms with E-state index in [1.807, 2.05) is 19.2 Å². The molecule has 0 bridgehead atoms. The van der Waals surface area contributed by atoms with Crippen molar-refractivity contribution in [2.75, 3.05) is 0 Å². The number of rotatable bonds is 4. The number of nitrogens with one attached hydrogen (secondary N) is 2. The standard InChI is InChI=1S/C14H15N3O/c1-10-7-12(17-18-10)9-15-8-11-3-2-4-14-13(11)5-6-16-14/h2-7,15-16H,8-9H2,1H3. The largest absolute Gasteiger partial charge is 0.361 e. The first kappa shape index (κ1) is 11.0. The van der Waals surface area contributed by atoms with Crippen LogP contribution in [0.4, 0.5) is 0 Å². The van der Waals surface area contributed by atoms with Crippen LogP contribution in [0.25, 0.3) is 10.9 Å². The van der Waals surface area contributed by atoms with Crippen LogP contribution in [-0.4, -0.2) is 10.1 Å². The maximum absolute atomic E-state index is 5.03. The van der Waals surface area contributed by atoms with E-state index in [2.05, 4.69) is 39.7 Å². The fourth-order valence-corrected chi connectivity index (χ4v) is 2.13. The molecule has 0 saturated heterocycles. The molecule has 0 amide bonds. The number of aromatic nitrogens is 2.